The van der Waals surface area contributed by atoms with E-state index in [1.54, 1.807) is 6.08 Å². The molecule has 0 radical (unpaired) electrons. The molecule has 1 amide bonds. The molecule has 1 N–H and O–H groups in total. The van der Waals surface area contributed by atoms with Crippen LogP contribution in [0.4, 0.5) is 5.69 Å². The Morgan fingerprint density at radius 1 is 0.973 bits per heavy atom. The second-order valence-electron chi connectivity index (χ2n) is 10.1. The molecule has 6 heteroatoms. The first-order chi connectivity index (χ1) is 18.1. The smallest absolute Gasteiger partial charge is 0.257 e. The van der Waals surface area contributed by atoms with E-state index in [-0.39, 0.29) is 11.7 Å². The summed E-state index contributed by atoms with van der Waals surface area (Å²) in [7, 11) is 0. The number of likely N-dealkylation sites (tertiary alicyclic amines) is 1. The zero-order chi connectivity index (χ0) is 26.5. The van der Waals surface area contributed by atoms with Gasteiger partial charge in [-0.2, -0.15) is 0 Å². The summed E-state index contributed by atoms with van der Waals surface area (Å²) in [5.74, 6) is 1.39. The van der Waals surface area contributed by atoms with Crippen LogP contribution >= 0.6 is 0 Å². The second kappa shape index (κ2) is 15.7. The number of hydrogen-bond donors (Lipinski definition) is 1. The molecule has 0 spiro atoms. The van der Waals surface area contributed by atoms with E-state index in [0.29, 0.717) is 24.6 Å². The molecule has 1 unspecified atom stereocenters. The van der Waals surface area contributed by atoms with Gasteiger partial charge < -0.3 is 24.5 Å². The Morgan fingerprint density at radius 2 is 1.68 bits per heavy atom. The number of carbonyl (C=O) groups excluding carboxylic acids is 1. The Hall–Kier alpha value is -2.47. The van der Waals surface area contributed by atoms with Crippen LogP contribution in [0.1, 0.15) is 72.1 Å². The number of piperidine rings is 1. The van der Waals surface area contributed by atoms with E-state index in [9.17, 15) is 9.90 Å². The summed E-state index contributed by atoms with van der Waals surface area (Å²) in [4.78, 5) is 19.9. The number of nitrogens with zero attached hydrogens (tertiary/aromatic N) is 3. The lowest BCUT2D eigenvalue weighted by atomic mass is 9.99. The predicted octanol–water partition coefficient (Wildman–Crippen LogP) is 6.19. The van der Waals surface area contributed by atoms with Gasteiger partial charge in [-0.25, -0.2) is 0 Å². The number of hydrogen-bond acceptors (Lipinski definition) is 5. The van der Waals surface area contributed by atoms with Crippen molar-refractivity contribution in [2.45, 2.75) is 72.1 Å². The fourth-order valence-corrected chi connectivity index (χ4v) is 5.35. The number of anilines is 1. The molecule has 0 aromatic heterocycles. The average molecular weight is 512 g/mol. The fraction of sp³-hybridized carbons (Fsp3) is 0.645. The lowest BCUT2D eigenvalue weighted by Crippen LogP contribution is -2.49. The van der Waals surface area contributed by atoms with Crippen molar-refractivity contribution in [1.82, 2.24) is 9.80 Å². The first-order valence-electron chi connectivity index (χ1n) is 14.7. The normalized spacial score (nSPS) is 20.8. The maximum absolute atomic E-state index is 13.1. The minimum absolute atomic E-state index is 0.0391. The molecule has 37 heavy (non-hydrogen) atoms. The van der Waals surface area contributed by atoms with Gasteiger partial charge in [-0.15, -0.1) is 0 Å². The molecule has 0 saturated carbocycles. The van der Waals surface area contributed by atoms with Gasteiger partial charge in [-0.1, -0.05) is 33.3 Å². The van der Waals surface area contributed by atoms with Gasteiger partial charge in [0.05, 0.1) is 12.2 Å². The quantitative estimate of drug-likeness (QED) is 0.400. The zero-order valence-electron chi connectivity index (χ0n) is 23.5. The van der Waals surface area contributed by atoms with Crippen LogP contribution in [0, 0.1) is 5.92 Å². The van der Waals surface area contributed by atoms with Gasteiger partial charge in [0.2, 0.25) is 0 Å². The predicted molar refractivity (Wildman–Crippen MR) is 153 cm³/mol. The van der Waals surface area contributed by atoms with Crippen molar-refractivity contribution in [3.8, 4) is 5.75 Å². The van der Waals surface area contributed by atoms with Crippen LogP contribution in [0.25, 0.3) is 0 Å². The molecule has 4 rings (SSSR count). The minimum Gasteiger partial charge on any atom is -0.507 e. The number of ether oxygens (including phenoxy) is 1. The van der Waals surface area contributed by atoms with E-state index in [1.807, 2.05) is 24.8 Å². The molecule has 206 valence electrons. The molecular weight excluding hydrogens is 462 g/mol. The standard InChI is InChI=1S/C29H43N3O3.C2H6/c1-2-24-9-8-10-28(33)27(23-24)29(34)32-20-18-31(19-21-32)25-11-13-26(14-12-25)35-22-7-6-17-30-15-4-3-5-16-30;1-2/h10-14,23-24,33H,2-9,15-22H2,1H3;1-2H3. The summed E-state index contributed by atoms with van der Waals surface area (Å²) in [5, 5.41) is 10.4. The molecule has 2 fully saturated rings. The molecule has 2 saturated heterocycles. The molecule has 1 atom stereocenters. The van der Waals surface area contributed by atoms with E-state index >= 15 is 0 Å². The van der Waals surface area contributed by atoms with Crippen LogP contribution in [0.2, 0.25) is 0 Å². The largest absolute Gasteiger partial charge is 0.507 e. The summed E-state index contributed by atoms with van der Waals surface area (Å²) in [5.41, 5.74) is 1.65. The highest BCUT2D eigenvalue weighted by atomic mass is 16.5. The highest BCUT2D eigenvalue weighted by Gasteiger charge is 2.27. The molecule has 1 aromatic rings. The van der Waals surface area contributed by atoms with Crippen LogP contribution < -0.4 is 9.64 Å². The van der Waals surface area contributed by atoms with E-state index in [4.69, 9.17) is 4.74 Å². The van der Waals surface area contributed by atoms with Gasteiger partial charge in [-0.05, 0) is 101 Å². The number of piperazine rings is 1. The molecule has 2 aliphatic heterocycles. The minimum atomic E-state index is -0.0391. The van der Waals surface area contributed by atoms with Crippen LogP contribution in [0.3, 0.4) is 0 Å². The Bertz CT molecular complexity index is 866. The highest BCUT2D eigenvalue weighted by Crippen LogP contribution is 2.26. The van der Waals surface area contributed by atoms with Gasteiger partial charge in [-0.3, -0.25) is 4.79 Å². The monoisotopic (exact) mass is 511 g/mol. The van der Waals surface area contributed by atoms with Gasteiger partial charge in [0.15, 0.2) is 0 Å². The third kappa shape index (κ3) is 8.80. The maximum atomic E-state index is 13.1. The van der Waals surface area contributed by atoms with Crippen LogP contribution in [-0.4, -0.2) is 73.2 Å². The van der Waals surface area contributed by atoms with Gasteiger partial charge in [0.1, 0.15) is 11.5 Å². The molecule has 3 aliphatic rings. The number of amides is 1. The number of rotatable bonds is 9. The summed E-state index contributed by atoms with van der Waals surface area (Å²) in [6, 6.07) is 8.35. The molecule has 1 aromatic carbocycles. The Balaban J connectivity index is 0.00000186. The van der Waals surface area contributed by atoms with Crippen molar-refractivity contribution in [2.75, 3.05) is 57.3 Å². The maximum Gasteiger partial charge on any atom is 0.257 e. The SMILES string of the molecule is CC.CCC1C=C(C(=O)N2CCN(c3ccc(OCCCCN4CCCCC4)cc3)CC2)C(O)=CCC1. The number of aliphatic hydroxyl groups is 1. The lowest BCUT2D eigenvalue weighted by Gasteiger charge is -2.36. The Kier molecular flexibility index (Phi) is 12.3. The van der Waals surface area contributed by atoms with E-state index in [0.717, 1.165) is 56.8 Å². The topological polar surface area (TPSA) is 56.2 Å². The Morgan fingerprint density at radius 3 is 2.35 bits per heavy atom. The fourth-order valence-electron chi connectivity index (χ4n) is 5.35. The van der Waals surface area contributed by atoms with Crippen molar-refractivity contribution < 1.29 is 14.6 Å². The summed E-state index contributed by atoms with van der Waals surface area (Å²) >= 11 is 0. The van der Waals surface area contributed by atoms with Crippen molar-refractivity contribution in [3.05, 3.63) is 47.7 Å². The third-order valence-electron chi connectivity index (χ3n) is 7.66. The average Bonchev–Trinajstić information content (AvgIpc) is 3.15. The van der Waals surface area contributed by atoms with E-state index < -0.39 is 0 Å². The number of unbranched alkanes of at least 4 members (excludes halogenated alkanes) is 1. The van der Waals surface area contributed by atoms with Crippen molar-refractivity contribution in [2.24, 2.45) is 5.92 Å². The highest BCUT2D eigenvalue weighted by molar-refractivity contribution is 5.97. The molecule has 6 nitrogen and oxygen atoms in total. The third-order valence-corrected chi connectivity index (χ3v) is 7.66. The Labute approximate surface area is 225 Å². The van der Waals surface area contributed by atoms with Crippen LogP contribution in [0.15, 0.2) is 47.7 Å². The molecule has 2 heterocycles. The summed E-state index contributed by atoms with van der Waals surface area (Å²) in [6.07, 6.45) is 13.0. The second-order valence-corrected chi connectivity index (χ2v) is 10.1. The van der Waals surface area contributed by atoms with Gasteiger partial charge in [0, 0.05) is 31.9 Å². The van der Waals surface area contributed by atoms with Crippen molar-refractivity contribution in [3.63, 3.8) is 0 Å². The summed E-state index contributed by atoms with van der Waals surface area (Å²) < 4.78 is 5.97. The molecule has 1 aliphatic carbocycles. The number of carbonyl (C=O) groups is 1. The van der Waals surface area contributed by atoms with Gasteiger partial charge >= 0.3 is 0 Å². The first-order valence-corrected chi connectivity index (χ1v) is 14.7. The molecule has 0 bridgehead atoms. The number of allylic oxidation sites excluding steroid dienone is 2. The lowest BCUT2D eigenvalue weighted by molar-refractivity contribution is -0.127. The number of aliphatic hydroxyl groups excluding tert-OH is 1. The molecular formula is C31H49N3O3. The zero-order valence-corrected chi connectivity index (χ0v) is 23.5. The van der Waals surface area contributed by atoms with E-state index in [1.165, 1.54) is 45.3 Å². The van der Waals surface area contributed by atoms with Crippen LogP contribution in [-0.2, 0) is 4.79 Å². The first kappa shape index (κ1) is 29.1. The van der Waals surface area contributed by atoms with Crippen molar-refractivity contribution in [1.29, 1.82) is 0 Å². The van der Waals surface area contributed by atoms with E-state index in [2.05, 4.69) is 41.0 Å². The van der Waals surface area contributed by atoms with Crippen molar-refractivity contribution >= 4 is 11.6 Å². The number of benzene rings is 1. The van der Waals surface area contributed by atoms with Crippen LogP contribution in [0.5, 0.6) is 5.75 Å². The van der Waals surface area contributed by atoms with Gasteiger partial charge in [0.25, 0.3) is 5.91 Å². The summed E-state index contributed by atoms with van der Waals surface area (Å²) in [6.45, 7) is 13.5.